The fraction of sp³-hybridized carbons (Fsp3) is 0.268. The third-order valence-electron chi connectivity index (χ3n) is 13.0. The summed E-state index contributed by atoms with van der Waals surface area (Å²) in [5.74, 6) is -4.19. The van der Waals surface area contributed by atoms with Gasteiger partial charge in [0, 0.05) is 63.0 Å². The van der Waals surface area contributed by atoms with E-state index in [-0.39, 0.29) is 74.2 Å². The van der Waals surface area contributed by atoms with Crippen molar-refractivity contribution < 1.29 is 49.8 Å². The topological polar surface area (TPSA) is 170 Å². The molecule has 5 aromatic carbocycles. The van der Waals surface area contributed by atoms with Gasteiger partial charge >= 0.3 is 12.4 Å². The lowest BCUT2D eigenvalue weighted by Gasteiger charge is -2.16. The number of aliphatic hydroxyl groups excluding tert-OH is 1. The van der Waals surface area contributed by atoms with Crippen LogP contribution in [0.1, 0.15) is 87.8 Å². The lowest BCUT2D eigenvalue weighted by Crippen LogP contribution is -2.25. The zero-order chi connectivity index (χ0) is 58.4. The van der Waals surface area contributed by atoms with Gasteiger partial charge < -0.3 is 35.2 Å². The van der Waals surface area contributed by atoms with Crippen LogP contribution in [0.5, 0.6) is 0 Å². The fourth-order valence-corrected chi connectivity index (χ4v) is 8.87. The molecule has 0 radical (unpaired) electrons. The van der Waals surface area contributed by atoms with E-state index in [2.05, 4.69) is 17.6 Å². The highest BCUT2D eigenvalue weighted by molar-refractivity contribution is 6.36. The van der Waals surface area contributed by atoms with Crippen molar-refractivity contribution in [3.8, 4) is 0 Å². The highest BCUT2D eigenvalue weighted by Crippen LogP contribution is 2.35. The summed E-state index contributed by atoms with van der Waals surface area (Å²) in [6.07, 6.45) is -3.89. The van der Waals surface area contributed by atoms with Crippen molar-refractivity contribution in [3.63, 3.8) is 0 Å². The van der Waals surface area contributed by atoms with Gasteiger partial charge in [0.25, 0.3) is 16.7 Å². The zero-order valence-electron chi connectivity index (χ0n) is 42.7. The minimum atomic E-state index is -4.83. The average Bonchev–Trinajstić information content (AvgIpc) is 3.54. The molecule has 418 valence electrons. The molecule has 0 spiro atoms. The van der Waals surface area contributed by atoms with Gasteiger partial charge in [-0.3, -0.25) is 24.0 Å². The quantitative estimate of drug-likeness (QED) is 0.0697. The molecule has 0 aliphatic heterocycles. The molecule has 2 amide bonds. The number of anilines is 3. The standard InChI is InChI=1S/C22H19ClF4N2O2.C21H17ClF4N2O3.C13H15ClN2O/c1-3-12(2)29-9-8-14-15(21(29)31)5-7-17(23)20(14)28-19(30)11-13-4-6-16(18(24)10-13)22(25,26)27;1-11(10-29)28-7-6-13-14(20(28)31)3-5-16(22)19(13)27-18(30)9-12-2-4-15(17(23)8-12)21(24,25)26;1-3-8(2)16-7-6-9-10(13(16)17)4-5-11(14)12(9)15/h4-10,12H,3,11H2,1-2H3,(H,28,30);2-8,11,29H,9-10H2,1H3,(H,27,30);4-8H,3,15H2,1-2H3/t12-;11-;8-/m111/s1. The van der Waals surface area contributed by atoms with Crippen LogP contribution >= 0.6 is 34.8 Å². The summed E-state index contributed by atoms with van der Waals surface area (Å²) < 4.78 is 108. The molecule has 0 bridgehead atoms. The number of benzene rings is 5. The lowest BCUT2D eigenvalue weighted by molar-refractivity contribution is -0.140. The number of carbonyl (C=O) groups excluding carboxylic acids is 2. The van der Waals surface area contributed by atoms with E-state index in [9.17, 15) is 64.2 Å². The number of nitrogens with one attached hydrogen (secondary N) is 2. The Labute approximate surface area is 460 Å². The van der Waals surface area contributed by atoms with Crippen molar-refractivity contribution in [1.82, 2.24) is 13.7 Å². The van der Waals surface area contributed by atoms with Gasteiger partial charge in [-0.15, -0.1) is 0 Å². The average molecular weight is 1160 g/mol. The molecule has 8 aromatic rings. The van der Waals surface area contributed by atoms with Crippen LogP contribution in [0.25, 0.3) is 32.3 Å². The number of nitrogens with zero attached hydrogens (tertiary/aromatic N) is 3. The summed E-state index contributed by atoms with van der Waals surface area (Å²) in [5.41, 5.74) is 3.36. The molecule has 5 N–H and O–H groups in total. The molecule has 3 aromatic heterocycles. The summed E-state index contributed by atoms with van der Waals surface area (Å²) >= 11 is 18.3. The molecule has 0 aliphatic carbocycles. The Morgan fingerprint density at radius 3 is 1.22 bits per heavy atom. The van der Waals surface area contributed by atoms with E-state index in [1.54, 1.807) is 58.8 Å². The van der Waals surface area contributed by atoms with Crippen molar-refractivity contribution in [2.45, 2.75) is 90.8 Å². The second kappa shape index (κ2) is 25.2. The second-order valence-electron chi connectivity index (χ2n) is 18.4. The van der Waals surface area contributed by atoms with Crippen molar-refractivity contribution in [3.05, 3.63) is 190 Å². The van der Waals surface area contributed by atoms with E-state index in [0.29, 0.717) is 56.5 Å². The number of nitrogens with two attached hydrogens (primary N) is 1. The van der Waals surface area contributed by atoms with Crippen molar-refractivity contribution >= 4 is 96.0 Å². The van der Waals surface area contributed by atoms with Gasteiger partial charge in [-0.25, -0.2) is 8.78 Å². The van der Waals surface area contributed by atoms with Gasteiger partial charge in [-0.05, 0) is 124 Å². The minimum Gasteiger partial charge on any atom is -0.397 e. The molecule has 0 fully saturated rings. The van der Waals surface area contributed by atoms with Crippen LogP contribution in [-0.2, 0) is 34.8 Å². The maximum atomic E-state index is 13.8. The number of fused-ring (bicyclic) bond motifs is 3. The molecular weight excluding hydrogens is 1110 g/mol. The predicted octanol–water partition coefficient (Wildman–Crippen LogP) is 13.7. The number of hydrogen-bond donors (Lipinski definition) is 4. The Kier molecular flexibility index (Phi) is 19.5. The third-order valence-corrected chi connectivity index (χ3v) is 14.0. The van der Waals surface area contributed by atoms with Gasteiger partial charge in [0.05, 0.1) is 68.7 Å². The van der Waals surface area contributed by atoms with Crippen LogP contribution < -0.4 is 33.0 Å². The molecule has 12 nitrogen and oxygen atoms in total. The number of amides is 2. The molecular formula is C56H51Cl3F8N6O6. The second-order valence-corrected chi connectivity index (χ2v) is 19.6. The first-order valence-corrected chi connectivity index (χ1v) is 25.4. The van der Waals surface area contributed by atoms with Gasteiger partial charge in [0.2, 0.25) is 11.8 Å². The maximum Gasteiger partial charge on any atom is 0.419 e. The van der Waals surface area contributed by atoms with Crippen LogP contribution in [0.15, 0.2) is 124 Å². The van der Waals surface area contributed by atoms with Crippen molar-refractivity contribution in [2.75, 3.05) is 23.0 Å². The van der Waals surface area contributed by atoms with Crippen molar-refractivity contribution in [1.29, 1.82) is 0 Å². The van der Waals surface area contributed by atoms with E-state index in [4.69, 9.17) is 40.5 Å². The number of aromatic nitrogens is 3. The van der Waals surface area contributed by atoms with Gasteiger partial charge in [0.1, 0.15) is 11.6 Å². The predicted molar refractivity (Wildman–Crippen MR) is 293 cm³/mol. The van der Waals surface area contributed by atoms with Crippen LogP contribution in [0.2, 0.25) is 15.1 Å². The minimum absolute atomic E-state index is 0.0137. The molecule has 3 heterocycles. The SMILES string of the molecule is CC[C@@H](C)n1ccc2c(N)c(Cl)ccc2c1=O.CC[C@@H](C)n1ccc2c(NC(=O)Cc3ccc(C(F)(F)F)c(F)c3)c(Cl)ccc2c1=O.C[C@H](CO)n1ccc2c(NC(=O)Cc3ccc(C(F)(F)F)c(F)c3)c(Cl)ccc2c1=O. The van der Waals surface area contributed by atoms with E-state index in [1.807, 2.05) is 26.8 Å². The zero-order valence-corrected chi connectivity index (χ0v) is 45.0. The third kappa shape index (κ3) is 14.0. The lowest BCUT2D eigenvalue weighted by atomic mass is 10.1. The van der Waals surface area contributed by atoms with E-state index >= 15 is 0 Å². The number of pyridine rings is 3. The molecule has 0 aliphatic rings. The maximum absolute atomic E-state index is 13.8. The monoisotopic (exact) mass is 1160 g/mol. The Balaban J connectivity index is 0.000000200. The summed E-state index contributed by atoms with van der Waals surface area (Å²) in [6.45, 7) is 9.36. The van der Waals surface area contributed by atoms with Crippen LogP contribution in [0.3, 0.4) is 0 Å². The fourth-order valence-electron chi connectivity index (χ4n) is 8.28. The van der Waals surface area contributed by atoms with Gasteiger partial charge in [0.15, 0.2) is 0 Å². The van der Waals surface area contributed by atoms with E-state index in [1.165, 1.54) is 29.0 Å². The number of rotatable bonds is 12. The number of halogens is 11. The van der Waals surface area contributed by atoms with Crippen LogP contribution in [-0.4, -0.2) is 37.2 Å². The number of alkyl halides is 6. The summed E-state index contributed by atoms with van der Waals surface area (Å²) in [6, 6.07) is 18.7. The Morgan fingerprint density at radius 1 is 0.532 bits per heavy atom. The molecule has 0 unspecified atom stereocenters. The largest absolute Gasteiger partial charge is 0.419 e. The van der Waals surface area contributed by atoms with Crippen LogP contribution in [0.4, 0.5) is 52.2 Å². The number of nitrogen functional groups attached to an aromatic ring is 1. The molecule has 0 saturated carbocycles. The normalized spacial score (nSPS) is 12.8. The molecule has 0 saturated heterocycles. The summed E-state index contributed by atoms with van der Waals surface area (Å²) in [4.78, 5) is 62.7. The highest BCUT2D eigenvalue weighted by Gasteiger charge is 2.35. The number of carbonyl (C=O) groups is 2. The van der Waals surface area contributed by atoms with Crippen molar-refractivity contribution in [2.24, 2.45) is 0 Å². The summed E-state index contributed by atoms with van der Waals surface area (Å²) in [7, 11) is 0. The molecule has 3 atom stereocenters. The van der Waals surface area contributed by atoms with Gasteiger partial charge in [-0.1, -0.05) is 60.8 Å². The Hall–Kier alpha value is -7.26. The van der Waals surface area contributed by atoms with Crippen LogP contribution in [0, 0.1) is 11.6 Å². The first kappa shape index (κ1) is 61.0. The highest BCUT2D eigenvalue weighted by atomic mass is 35.5. The van der Waals surface area contributed by atoms with E-state index < -0.39 is 65.0 Å². The summed E-state index contributed by atoms with van der Waals surface area (Å²) in [5, 5.41) is 18.0. The molecule has 79 heavy (non-hydrogen) atoms. The Bertz CT molecular complexity index is 3600. The Morgan fingerprint density at radius 2 is 0.873 bits per heavy atom. The number of aliphatic hydroxyl groups is 1. The molecule has 8 rings (SSSR count). The smallest absolute Gasteiger partial charge is 0.397 e. The molecule has 23 heteroatoms. The van der Waals surface area contributed by atoms with Gasteiger partial charge in [-0.2, -0.15) is 26.3 Å². The number of hydrogen-bond acceptors (Lipinski definition) is 7. The first-order chi connectivity index (χ1) is 37.1. The van der Waals surface area contributed by atoms with E-state index in [0.717, 1.165) is 30.4 Å². The first-order valence-electron chi connectivity index (χ1n) is 24.3.